The van der Waals surface area contributed by atoms with Crippen LogP contribution in [0.2, 0.25) is 0 Å². The molecule has 0 aliphatic carbocycles. The van der Waals surface area contributed by atoms with Gasteiger partial charge in [0.25, 0.3) is 5.56 Å². The predicted molar refractivity (Wildman–Crippen MR) is 125 cm³/mol. The van der Waals surface area contributed by atoms with Gasteiger partial charge in [0.15, 0.2) is 0 Å². The second-order valence-electron chi connectivity index (χ2n) is 7.78. The SMILES string of the molecule is NS(=O)(=O)c1ccc(NC(=O)CSC(=S)N2CC3CC(C2)c2cccc(=O)n2C3)cc1. The molecule has 0 radical (unpaired) electrons. The molecule has 1 fully saturated rings. The number of hydrogen-bond donors (Lipinski definition) is 2. The topological polar surface area (TPSA) is 114 Å². The van der Waals surface area contributed by atoms with E-state index in [0.29, 0.717) is 22.5 Å². The molecule has 2 aliphatic rings. The number of aromatic nitrogens is 1. The molecule has 2 bridgehead atoms. The summed E-state index contributed by atoms with van der Waals surface area (Å²) in [4.78, 5) is 26.6. The van der Waals surface area contributed by atoms with Gasteiger partial charge in [0, 0.05) is 43.0 Å². The van der Waals surface area contributed by atoms with Crippen LogP contribution in [0.5, 0.6) is 0 Å². The van der Waals surface area contributed by atoms with E-state index in [9.17, 15) is 18.0 Å². The van der Waals surface area contributed by atoms with Crippen molar-refractivity contribution in [1.29, 1.82) is 0 Å². The summed E-state index contributed by atoms with van der Waals surface area (Å²) in [5, 5.41) is 7.80. The maximum absolute atomic E-state index is 12.3. The Morgan fingerprint density at radius 1 is 1.16 bits per heavy atom. The van der Waals surface area contributed by atoms with E-state index in [1.54, 1.807) is 12.1 Å². The lowest BCUT2D eigenvalue weighted by Gasteiger charge is -2.43. The van der Waals surface area contributed by atoms with E-state index < -0.39 is 10.0 Å². The Bertz CT molecular complexity index is 1180. The number of primary sulfonamides is 1. The first-order valence-corrected chi connectivity index (χ1v) is 12.7. The molecule has 0 saturated carbocycles. The van der Waals surface area contributed by atoms with Crippen LogP contribution in [-0.4, -0.2) is 47.0 Å². The first kappa shape index (κ1) is 22.0. The molecule has 3 N–H and O–H groups in total. The number of nitrogens with two attached hydrogens (primary N) is 1. The molecule has 164 valence electrons. The van der Waals surface area contributed by atoms with Crippen molar-refractivity contribution >= 4 is 49.9 Å². The smallest absolute Gasteiger partial charge is 0.250 e. The molecule has 1 amide bonds. The number of piperidine rings is 1. The highest BCUT2D eigenvalue weighted by Gasteiger charge is 2.35. The normalized spacial score (nSPS) is 20.1. The summed E-state index contributed by atoms with van der Waals surface area (Å²) in [5.74, 6) is 0.532. The molecule has 4 rings (SSSR count). The highest BCUT2D eigenvalue weighted by molar-refractivity contribution is 8.23. The molecular weight excluding hydrogens is 456 g/mol. The summed E-state index contributed by atoms with van der Waals surface area (Å²) in [6.45, 7) is 2.21. The number of amides is 1. The predicted octanol–water partition coefficient (Wildman–Crippen LogP) is 1.57. The van der Waals surface area contributed by atoms with Gasteiger partial charge in [-0.05, 0) is 42.7 Å². The third-order valence-corrected chi connectivity index (χ3v) is 7.98. The van der Waals surface area contributed by atoms with Crippen molar-refractivity contribution in [2.24, 2.45) is 11.1 Å². The van der Waals surface area contributed by atoms with E-state index in [1.807, 2.05) is 10.6 Å². The van der Waals surface area contributed by atoms with Gasteiger partial charge >= 0.3 is 0 Å². The zero-order valence-corrected chi connectivity index (χ0v) is 19.0. The Labute approximate surface area is 189 Å². The van der Waals surface area contributed by atoms with Gasteiger partial charge in [-0.3, -0.25) is 9.59 Å². The summed E-state index contributed by atoms with van der Waals surface area (Å²) in [6, 6.07) is 11.1. The van der Waals surface area contributed by atoms with Crippen LogP contribution in [0.25, 0.3) is 0 Å². The summed E-state index contributed by atoms with van der Waals surface area (Å²) in [6.07, 6.45) is 1.04. The second-order valence-corrected chi connectivity index (χ2v) is 10.9. The fraction of sp³-hybridized carbons (Fsp3) is 0.350. The van der Waals surface area contributed by atoms with Crippen molar-refractivity contribution in [3.05, 3.63) is 58.5 Å². The molecule has 2 aromatic rings. The molecule has 1 aromatic heterocycles. The first-order chi connectivity index (χ1) is 14.7. The van der Waals surface area contributed by atoms with E-state index >= 15 is 0 Å². The summed E-state index contributed by atoms with van der Waals surface area (Å²) >= 11 is 6.88. The number of fused-ring (bicyclic) bond motifs is 4. The Morgan fingerprint density at radius 2 is 1.90 bits per heavy atom. The fourth-order valence-corrected chi connectivity index (χ4v) is 5.69. The van der Waals surface area contributed by atoms with Crippen molar-refractivity contribution in [3.63, 3.8) is 0 Å². The highest BCUT2D eigenvalue weighted by atomic mass is 32.2. The number of sulfonamides is 1. The van der Waals surface area contributed by atoms with Crippen LogP contribution in [0.3, 0.4) is 0 Å². The third kappa shape index (κ3) is 5.00. The van der Waals surface area contributed by atoms with Crippen LogP contribution in [0.15, 0.2) is 52.2 Å². The largest absolute Gasteiger partial charge is 0.356 e. The lowest BCUT2D eigenvalue weighted by atomic mass is 9.83. The second kappa shape index (κ2) is 8.73. The van der Waals surface area contributed by atoms with Crippen molar-refractivity contribution in [1.82, 2.24) is 9.47 Å². The van der Waals surface area contributed by atoms with Crippen LogP contribution in [0.1, 0.15) is 18.0 Å². The van der Waals surface area contributed by atoms with Crippen LogP contribution in [0, 0.1) is 5.92 Å². The minimum atomic E-state index is -3.77. The molecule has 31 heavy (non-hydrogen) atoms. The number of benzene rings is 1. The molecule has 2 aliphatic heterocycles. The third-order valence-electron chi connectivity index (χ3n) is 5.53. The number of thiocarbonyl (C=S) groups is 1. The summed E-state index contributed by atoms with van der Waals surface area (Å²) < 4.78 is 25.1. The van der Waals surface area contributed by atoms with Gasteiger partial charge in [0.2, 0.25) is 15.9 Å². The number of anilines is 1. The maximum atomic E-state index is 12.3. The van der Waals surface area contributed by atoms with E-state index in [-0.39, 0.29) is 28.0 Å². The molecular formula is C20H22N4O4S3. The van der Waals surface area contributed by atoms with Gasteiger partial charge < -0.3 is 14.8 Å². The van der Waals surface area contributed by atoms with Gasteiger partial charge in [-0.2, -0.15) is 0 Å². The van der Waals surface area contributed by atoms with Crippen molar-refractivity contribution in [3.8, 4) is 0 Å². The zero-order valence-electron chi connectivity index (χ0n) is 16.6. The zero-order chi connectivity index (χ0) is 22.2. The Morgan fingerprint density at radius 3 is 2.61 bits per heavy atom. The van der Waals surface area contributed by atoms with Crippen molar-refractivity contribution < 1.29 is 13.2 Å². The van der Waals surface area contributed by atoms with Gasteiger partial charge in [0.1, 0.15) is 4.32 Å². The molecule has 1 aromatic carbocycles. The molecule has 11 heteroatoms. The molecule has 0 spiro atoms. The first-order valence-electron chi connectivity index (χ1n) is 9.75. The van der Waals surface area contributed by atoms with Gasteiger partial charge in [-0.15, -0.1) is 0 Å². The minimum absolute atomic E-state index is 0.0134. The lowest BCUT2D eigenvalue weighted by molar-refractivity contribution is -0.113. The number of pyridine rings is 1. The lowest BCUT2D eigenvalue weighted by Crippen LogP contribution is -2.48. The van der Waals surface area contributed by atoms with Gasteiger partial charge in [-0.25, -0.2) is 13.6 Å². The van der Waals surface area contributed by atoms with E-state index in [1.165, 1.54) is 36.0 Å². The number of nitrogens with zero attached hydrogens (tertiary/aromatic N) is 2. The van der Waals surface area contributed by atoms with Crippen LogP contribution in [-0.2, 0) is 21.4 Å². The Hall–Kier alpha value is -2.21. The number of hydrogen-bond acceptors (Lipinski definition) is 6. The number of carbonyl (C=O) groups excluding carboxylic acids is 1. The maximum Gasteiger partial charge on any atom is 0.250 e. The average molecular weight is 479 g/mol. The van der Waals surface area contributed by atoms with Gasteiger partial charge in [0.05, 0.1) is 10.6 Å². The number of thioether (sulfide) groups is 1. The molecule has 8 nitrogen and oxygen atoms in total. The van der Waals surface area contributed by atoms with E-state index in [4.69, 9.17) is 17.4 Å². The summed E-state index contributed by atoms with van der Waals surface area (Å²) in [7, 11) is -3.77. The van der Waals surface area contributed by atoms with Crippen LogP contribution < -0.4 is 16.0 Å². The van der Waals surface area contributed by atoms with E-state index in [0.717, 1.165) is 25.2 Å². The highest BCUT2D eigenvalue weighted by Crippen LogP contribution is 2.36. The molecule has 1 saturated heterocycles. The molecule has 3 heterocycles. The average Bonchev–Trinajstić information content (AvgIpc) is 2.72. The van der Waals surface area contributed by atoms with Crippen molar-refractivity contribution in [2.45, 2.75) is 23.8 Å². The van der Waals surface area contributed by atoms with Crippen LogP contribution >= 0.6 is 24.0 Å². The van der Waals surface area contributed by atoms with Crippen molar-refractivity contribution in [2.75, 3.05) is 24.2 Å². The monoisotopic (exact) mass is 478 g/mol. The van der Waals surface area contributed by atoms with Crippen LogP contribution in [0.4, 0.5) is 5.69 Å². The molecule has 2 atom stereocenters. The summed E-state index contributed by atoms with van der Waals surface area (Å²) in [5.41, 5.74) is 1.59. The number of nitrogens with one attached hydrogen (secondary N) is 1. The van der Waals surface area contributed by atoms with Gasteiger partial charge in [-0.1, -0.05) is 30.0 Å². The standard InChI is InChI=1S/C20H22N4O4S3/c21-31(27,28)16-6-4-15(5-7-16)22-18(25)12-30-20(29)23-9-13-8-14(11-23)17-2-1-3-19(26)24(17)10-13/h1-7,13-14H,8-12H2,(H,22,25)(H2,21,27,28). The number of rotatable bonds is 4. The van der Waals surface area contributed by atoms with E-state index in [2.05, 4.69) is 10.2 Å². The minimum Gasteiger partial charge on any atom is -0.356 e. The fourth-order valence-electron chi connectivity index (χ4n) is 4.19. The number of carbonyl (C=O) groups is 1. The Kier molecular flexibility index (Phi) is 6.20. The quantitative estimate of drug-likeness (QED) is 0.641. The molecule has 2 unspecified atom stereocenters. The number of likely N-dealkylation sites (tertiary alicyclic amines) is 1. The Balaban J connectivity index is 1.32.